The van der Waals surface area contributed by atoms with Crippen molar-refractivity contribution in [1.82, 2.24) is 5.32 Å². The SMILES string of the molecule is CNCC1(CNc2ccc(Br)c(C)c2)CCC1. The van der Waals surface area contributed by atoms with Crippen LogP contribution in [0.15, 0.2) is 22.7 Å². The zero-order valence-corrected chi connectivity index (χ0v) is 12.2. The molecule has 1 fully saturated rings. The lowest BCUT2D eigenvalue weighted by Crippen LogP contribution is -2.44. The molecule has 0 aliphatic heterocycles. The molecule has 0 heterocycles. The number of hydrogen-bond donors (Lipinski definition) is 2. The second-order valence-electron chi connectivity index (χ2n) is 5.20. The van der Waals surface area contributed by atoms with Crippen LogP contribution in [0.5, 0.6) is 0 Å². The van der Waals surface area contributed by atoms with Crippen molar-refractivity contribution in [2.45, 2.75) is 26.2 Å². The van der Waals surface area contributed by atoms with E-state index < -0.39 is 0 Å². The van der Waals surface area contributed by atoms with Crippen LogP contribution in [0.2, 0.25) is 0 Å². The maximum absolute atomic E-state index is 3.58. The summed E-state index contributed by atoms with van der Waals surface area (Å²) in [7, 11) is 2.05. The van der Waals surface area contributed by atoms with E-state index in [2.05, 4.69) is 51.7 Å². The number of aryl methyl sites for hydroxylation is 1. The summed E-state index contributed by atoms with van der Waals surface area (Å²) in [6.45, 7) is 4.33. The van der Waals surface area contributed by atoms with Crippen molar-refractivity contribution in [3.63, 3.8) is 0 Å². The van der Waals surface area contributed by atoms with Gasteiger partial charge in [-0.15, -0.1) is 0 Å². The van der Waals surface area contributed by atoms with Crippen LogP contribution >= 0.6 is 15.9 Å². The minimum absolute atomic E-state index is 0.482. The van der Waals surface area contributed by atoms with Gasteiger partial charge in [0.1, 0.15) is 0 Å². The molecule has 1 aliphatic rings. The fraction of sp³-hybridized carbons (Fsp3) is 0.571. The van der Waals surface area contributed by atoms with Gasteiger partial charge in [0.2, 0.25) is 0 Å². The Morgan fingerprint density at radius 3 is 2.59 bits per heavy atom. The predicted molar refractivity (Wildman–Crippen MR) is 77.6 cm³/mol. The number of anilines is 1. The average molecular weight is 297 g/mol. The van der Waals surface area contributed by atoms with Crippen LogP contribution in [0.25, 0.3) is 0 Å². The highest BCUT2D eigenvalue weighted by atomic mass is 79.9. The molecule has 1 aromatic rings. The molecule has 0 spiro atoms. The van der Waals surface area contributed by atoms with E-state index in [1.54, 1.807) is 0 Å². The van der Waals surface area contributed by atoms with Crippen molar-refractivity contribution in [3.05, 3.63) is 28.2 Å². The predicted octanol–water partition coefficient (Wildman–Crippen LogP) is 3.56. The van der Waals surface area contributed by atoms with E-state index >= 15 is 0 Å². The van der Waals surface area contributed by atoms with E-state index in [0.29, 0.717) is 5.41 Å². The van der Waals surface area contributed by atoms with Gasteiger partial charge in [-0.25, -0.2) is 0 Å². The van der Waals surface area contributed by atoms with E-state index in [1.165, 1.54) is 35.0 Å². The van der Waals surface area contributed by atoms with Crippen molar-refractivity contribution < 1.29 is 0 Å². The van der Waals surface area contributed by atoms with Crippen molar-refractivity contribution in [2.75, 3.05) is 25.5 Å². The summed E-state index contributed by atoms with van der Waals surface area (Å²) in [5.74, 6) is 0. The van der Waals surface area contributed by atoms with Gasteiger partial charge in [0.25, 0.3) is 0 Å². The van der Waals surface area contributed by atoms with Gasteiger partial charge in [-0.2, -0.15) is 0 Å². The molecule has 1 aromatic carbocycles. The molecule has 0 radical (unpaired) electrons. The largest absolute Gasteiger partial charge is 0.384 e. The summed E-state index contributed by atoms with van der Waals surface area (Å²) in [5, 5.41) is 6.90. The Labute approximate surface area is 112 Å². The highest BCUT2D eigenvalue weighted by molar-refractivity contribution is 9.10. The molecule has 2 nitrogen and oxygen atoms in total. The van der Waals surface area contributed by atoms with Gasteiger partial charge in [0.15, 0.2) is 0 Å². The van der Waals surface area contributed by atoms with Gasteiger partial charge < -0.3 is 10.6 Å². The summed E-state index contributed by atoms with van der Waals surface area (Å²) < 4.78 is 1.18. The molecule has 0 unspecified atom stereocenters. The van der Waals surface area contributed by atoms with Crippen LogP contribution in [0.4, 0.5) is 5.69 Å². The Kier molecular flexibility index (Phi) is 4.10. The molecule has 2 N–H and O–H groups in total. The maximum Gasteiger partial charge on any atom is 0.0343 e. The lowest BCUT2D eigenvalue weighted by molar-refractivity contribution is 0.151. The molecule has 0 aromatic heterocycles. The molecule has 3 heteroatoms. The van der Waals surface area contributed by atoms with Crippen molar-refractivity contribution in [2.24, 2.45) is 5.41 Å². The maximum atomic E-state index is 3.58. The fourth-order valence-corrected chi connectivity index (χ4v) is 2.76. The monoisotopic (exact) mass is 296 g/mol. The second-order valence-corrected chi connectivity index (χ2v) is 6.06. The third-order valence-electron chi connectivity index (χ3n) is 3.79. The Morgan fingerprint density at radius 1 is 1.29 bits per heavy atom. The summed E-state index contributed by atoms with van der Waals surface area (Å²) >= 11 is 3.53. The first kappa shape index (κ1) is 12.9. The number of rotatable bonds is 5. The summed E-state index contributed by atoms with van der Waals surface area (Å²) in [6, 6.07) is 6.46. The van der Waals surface area contributed by atoms with Crippen molar-refractivity contribution >= 4 is 21.6 Å². The van der Waals surface area contributed by atoms with Crippen LogP contribution < -0.4 is 10.6 Å². The molecule has 17 heavy (non-hydrogen) atoms. The Morgan fingerprint density at radius 2 is 2.06 bits per heavy atom. The van der Waals surface area contributed by atoms with Crippen molar-refractivity contribution in [1.29, 1.82) is 0 Å². The minimum atomic E-state index is 0.482. The average Bonchev–Trinajstić information content (AvgIpc) is 2.26. The normalized spacial score (nSPS) is 17.6. The van der Waals surface area contributed by atoms with Crippen LogP contribution in [0, 0.1) is 12.3 Å². The number of halogens is 1. The van der Waals surface area contributed by atoms with Crippen LogP contribution in [-0.2, 0) is 0 Å². The third-order valence-corrected chi connectivity index (χ3v) is 4.68. The van der Waals surface area contributed by atoms with Crippen LogP contribution in [0.1, 0.15) is 24.8 Å². The first-order valence-electron chi connectivity index (χ1n) is 6.30. The molecule has 1 aliphatic carbocycles. The second kappa shape index (κ2) is 5.40. The van der Waals surface area contributed by atoms with Crippen LogP contribution in [0.3, 0.4) is 0 Å². The van der Waals surface area contributed by atoms with Gasteiger partial charge in [0, 0.05) is 28.7 Å². The van der Waals surface area contributed by atoms with E-state index in [4.69, 9.17) is 0 Å². The minimum Gasteiger partial charge on any atom is -0.384 e. The lowest BCUT2D eigenvalue weighted by Gasteiger charge is -2.42. The fourth-order valence-electron chi connectivity index (χ4n) is 2.51. The Bertz CT molecular complexity index is 386. The molecular weight excluding hydrogens is 276 g/mol. The van der Waals surface area contributed by atoms with E-state index in [-0.39, 0.29) is 0 Å². The van der Waals surface area contributed by atoms with E-state index in [9.17, 15) is 0 Å². The Balaban J connectivity index is 1.94. The number of hydrogen-bond acceptors (Lipinski definition) is 2. The summed E-state index contributed by atoms with van der Waals surface area (Å²) in [4.78, 5) is 0. The molecular formula is C14H21BrN2. The summed E-state index contributed by atoms with van der Waals surface area (Å²) in [6.07, 6.45) is 4.06. The van der Waals surface area contributed by atoms with Crippen LogP contribution in [-0.4, -0.2) is 20.1 Å². The van der Waals surface area contributed by atoms with Gasteiger partial charge in [-0.05, 0) is 50.6 Å². The highest BCUT2D eigenvalue weighted by Crippen LogP contribution is 2.40. The van der Waals surface area contributed by atoms with E-state index in [1.807, 2.05) is 7.05 Å². The molecule has 0 amide bonds. The number of benzene rings is 1. The first-order valence-corrected chi connectivity index (χ1v) is 7.09. The zero-order chi connectivity index (χ0) is 12.3. The van der Waals surface area contributed by atoms with E-state index in [0.717, 1.165) is 13.1 Å². The molecule has 2 rings (SSSR count). The van der Waals surface area contributed by atoms with Gasteiger partial charge in [0.05, 0.1) is 0 Å². The standard InChI is InChI=1S/C14H21BrN2/c1-11-8-12(4-5-13(11)15)17-10-14(9-16-2)6-3-7-14/h4-5,8,16-17H,3,6-7,9-10H2,1-2H3. The smallest absolute Gasteiger partial charge is 0.0343 e. The Hall–Kier alpha value is -0.540. The highest BCUT2D eigenvalue weighted by Gasteiger charge is 2.35. The molecule has 0 saturated heterocycles. The quantitative estimate of drug-likeness (QED) is 0.868. The molecule has 0 atom stereocenters. The van der Waals surface area contributed by atoms with Gasteiger partial charge >= 0.3 is 0 Å². The summed E-state index contributed by atoms with van der Waals surface area (Å²) in [5.41, 5.74) is 3.00. The van der Waals surface area contributed by atoms with Gasteiger partial charge in [-0.3, -0.25) is 0 Å². The van der Waals surface area contributed by atoms with Crippen molar-refractivity contribution in [3.8, 4) is 0 Å². The topological polar surface area (TPSA) is 24.1 Å². The molecule has 1 saturated carbocycles. The molecule has 94 valence electrons. The van der Waals surface area contributed by atoms with Gasteiger partial charge in [-0.1, -0.05) is 22.4 Å². The first-order chi connectivity index (χ1) is 8.15. The molecule has 0 bridgehead atoms. The number of nitrogens with one attached hydrogen (secondary N) is 2. The zero-order valence-electron chi connectivity index (χ0n) is 10.6. The lowest BCUT2D eigenvalue weighted by atomic mass is 9.68. The third kappa shape index (κ3) is 3.02.